The number of ether oxygens (including phenoxy) is 1. The highest BCUT2D eigenvalue weighted by Gasteiger charge is 2.51. The Morgan fingerprint density at radius 1 is 1.44 bits per heavy atom. The molecule has 2 atom stereocenters. The van der Waals surface area contributed by atoms with Crippen molar-refractivity contribution in [3.63, 3.8) is 0 Å². The third-order valence-electron chi connectivity index (χ3n) is 4.37. The highest BCUT2D eigenvalue weighted by Crippen LogP contribution is 2.46. The summed E-state index contributed by atoms with van der Waals surface area (Å²) >= 11 is 5.09. The van der Waals surface area contributed by atoms with Gasteiger partial charge in [0.15, 0.2) is 0 Å². The number of amides is 1. The van der Waals surface area contributed by atoms with Crippen LogP contribution in [-0.4, -0.2) is 30.2 Å². The van der Waals surface area contributed by atoms with Gasteiger partial charge in [-0.3, -0.25) is 4.79 Å². The van der Waals surface area contributed by atoms with E-state index in [9.17, 15) is 4.79 Å². The average molecular weight is 270 g/mol. The minimum Gasteiger partial charge on any atom is -0.392 e. The van der Waals surface area contributed by atoms with Gasteiger partial charge in [-0.25, -0.2) is 0 Å². The lowest BCUT2D eigenvalue weighted by Crippen LogP contribution is -2.58. The van der Waals surface area contributed by atoms with E-state index in [0.29, 0.717) is 10.9 Å². The Labute approximate surface area is 114 Å². The van der Waals surface area contributed by atoms with Gasteiger partial charge in [0.25, 0.3) is 0 Å². The average Bonchev–Trinajstić information content (AvgIpc) is 2.71. The fraction of sp³-hybridized carbons (Fsp3) is 0.846. The number of thiocarbonyl (C=S) groups is 1. The van der Waals surface area contributed by atoms with Crippen LogP contribution in [0.5, 0.6) is 0 Å². The molecule has 18 heavy (non-hydrogen) atoms. The van der Waals surface area contributed by atoms with E-state index in [0.717, 1.165) is 32.1 Å². The van der Waals surface area contributed by atoms with E-state index < -0.39 is 5.41 Å². The standard InChI is InChI=1S/C13H22N2O2S/c1-8-6-13(7-8,11(14)18)12(16)15-9-4-3-5-10(9)17-2/h8-10H,3-7H2,1-2H3,(H2,14,18)(H,15,16). The molecule has 2 aliphatic rings. The van der Waals surface area contributed by atoms with Gasteiger partial charge < -0.3 is 15.8 Å². The largest absolute Gasteiger partial charge is 0.392 e. The number of nitrogens with one attached hydrogen (secondary N) is 1. The maximum Gasteiger partial charge on any atom is 0.233 e. The van der Waals surface area contributed by atoms with Crippen LogP contribution in [-0.2, 0) is 9.53 Å². The van der Waals surface area contributed by atoms with Crippen molar-refractivity contribution in [3.05, 3.63) is 0 Å². The van der Waals surface area contributed by atoms with Crippen LogP contribution in [0.4, 0.5) is 0 Å². The quantitative estimate of drug-likeness (QED) is 0.757. The summed E-state index contributed by atoms with van der Waals surface area (Å²) < 4.78 is 5.39. The van der Waals surface area contributed by atoms with E-state index in [2.05, 4.69) is 12.2 Å². The fourth-order valence-electron chi connectivity index (χ4n) is 3.31. The number of rotatable bonds is 4. The summed E-state index contributed by atoms with van der Waals surface area (Å²) in [6.45, 7) is 2.12. The molecule has 102 valence electrons. The van der Waals surface area contributed by atoms with Gasteiger partial charge in [-0.05, 0) is 38.0 Å². The van der Waals surface area contributed by atoms with E-state index in [4.69, 9.17) is 22.7 Å². The molecule has 0 aromatic rings. The van der Waals surface area contributed by atoms with Crippen LogP contribution in [0.25, 0.3) is 0 Å². The summed E-state index contributed by atoms with van der Waals surface area (Å²) in [5.74, 6) is 0.529. The molecule has 0 bridgehead atoms. The van der Waals surface area contributed by atoms with E-state index in [1.807, 2.05) is 0 Å². The van der Waals surface area contributed by atoms with Crippen LogP contribution in [0, 0.1) is 11.3 Å². The normalized spacial score (nSPS) is 39.1. The van der Waals surface area contributed by atoms with Gasteiger partial charge in [0.05, 0.1) is 22.5 Å². The minimum atomic E-state index is -0.602. The summed E-state index contributed by atoms with van der Waals surface area (Å²) in [6, 6.07) is 0.115. The summed E-state index contributed by atoms with van der Waals surface area (Å²) in [5.41, 5.74) is 5.18. The number of nitrogens with two attached hydrogens (primary N) is 1. The lowest BCUT2D eigenvalue weighted by Gasteiger charge is -2.44. The molecule has 3 N–H and O–H groups in total. The van der Waals surface area contributed by atoms with Crippen LogP contribution in [0.3, 0.4) is 0 Å². The smallest absolute Gasteiger partial charge is 0.233 e. The zero-order valence-electron chi connectivity index (χ0n) is 11.1. The lowest BCUT2D eigenvalue weighted by atomic mass is 9.62. The van der Waals surface area contributed by atoms with Gasteiger partial charge in [0.1, 0.15) is 0 Å². The molecule has 2 saturated carbocycles. The Morgan fingerprint density at radius 3 is 2.61 bits per heavy atom. The zero-order chi connectivity index (χ0) is 13.3. The molecule has 2 aliphatic carbocycles. The van der Waals surface area contributed by atoms with Crippen molar-refractivity contribution in [2.75, 3.05) is 7.11 Å². The van der Waals surface area contributed by atoms with E-state index in [1.54, 1.807) is 7.11 Å². The monoisotopic (exact) mass is 270 g/mol. The maximum absolute atomic E-state index is 12.4. The van der Waals surface area contributed by atoms with Crippen LogP contribution in [0.2, 0.25) is 0 Å². The molecule has 0 aromatic carbocycles. The summed E-state index contributed by atoms with van der Waals surface area (Å²) in [6.07, 6.45) is 4.78. The van der Waals surface area contributed by atoms with Crippen molar-refractivity contribution in [1.82, 2.24) is 5.32 Å². The number of carbonyl (C=O) groups is 1. The molecule has 0 aliphatic heterocycles. The Bertz CT molecular complexity index is 353. The molecule has 0 saturated heterocycles. The third-order valence-corrected chi connectivity index (χ3v) is 4.76. The first kappa shape index (κ1) is 13.7. The summed E-state index contributed by atoms with van der Waals surface area (Å²) in [7, 11) is 1.70. The molecule has 0 heterocycles. The van der Waals surface area contributed by atoms with Gasteiger partial charge in [0, 0.05) is 7.11 Å². The first-order valence-electron chi connectivity index (χ1n) is 6.63. The van der Waals surface area contributed by atoms with Gasteiger partial charge in [-0.15, -0.1) is 0 Å². The van der Waals surface area contributed by atoms with Crippen molar-refractivity contribution < 1.29 is 9.53 Å². The topological polar surface area (TPSA) is 64.3 Å². The molecule has 0 aromatic heterocycles. The van der Waals surface area contributed by atoms with Crippen LogP contribution < -0.4 is 11.1 Å². The molecule has 2 rings (SSSR count). The molecule has 5 heteroatoms. The third kappa shape index (κ3) is 2.26. The second-order valence-corrected chi connectivity index (χ2v) is 6.18. The summed E-state index contributed by atoms with van der Waals surface area (Å²) in [4.78, 5) is 12.8. The Hall–Kier alpha value is -0.680. The number of hydrogen-bond acceptors (Lipinski definition) is 3. The number of methoxy groups -OCH3 is 1. The van der Waals surface area contributed by atoms with Gasteiger partial charge in [-0.1, -0.05) is 19.1 Å². The van der Waals surface area contributed by atoms with E-state index in [1.165, 1.54) is 0 Å². The Morgan fingerprint density at radius 2 is 2.11 bits per heavy atom. The molecule has 0 radical (unpaired) electrons. The first-order chi connectivity index (χ1) is 8.49. The SMILES string of the molecule is COC1CCCC1NC(=O)C1(C(N)=S)CC(C)C1. The minimum absolute atomic E-state index is 0.00190. The predicted molar refractivity (Wildman–Crippen MR) is 74.2 cm³/mol. The lowest BCUT2D eigenvalue weighted by molar-refractivity contribution is -0.134. The first-order valence-corrected chi connectivity index (χ1v) is 7.04. The van der Waals surface area contributed by atoms with Crippen molar-refractivity contribution in [2.45, 2.75) is 51.2 Å². The predicted octanol–water partition coefficient (Wildman–Crippen LogP) is 1.37. The molecule has 1 amide bonds. The van der Waals surface area contributed by atoms with E-state index >= 15 is 0 Å². The van der Waals surface area contributed by atoms with Gasteiger partial charge in [0.2, 0.25) is 5.91 Å². The second-order valence-electron chi connectivity index (χ2n) is 5.74. The van der Waals surface area contributed by atoms with Gasteiger partial charge in [-0.2, -0.15) is 0 Å². The highest BCUT2D eigenvalue weighted by atomic mass is 32.1. The van der Waals surface area contributed by atoms with E-state index in [-0.39, 0.29) is 18.1 Å². The fourth-order valence-corrected chi connectivity index (χ4v) is 3.57. The number of hydrogen-bond donors (Lipinski definition) is 2. The summed E-state index contributed by atoms with van der Waals surface area (Å²) in [5, 5.41) is 3.09. The van der Waals surface area contributed by atoms with Crippen LogP contribution in [0.15, 0.2) is 0 Å². The molecule has 2 unspecified atom stereocenters. The molecule has 2 fully saturated rings. The molecular formula is C13H22N2O2S. The van der Waals surface area contributed by atoms with Crippen molar-refractivity contribution in [1.29, 1.82) is 0 Å². The van der Waals surface area contributed by atoms with Crippen LogP contribution >= 0.6 is 12.2 Å². The Balaban J connectivity index is 2.00. The van der Waals surface area contributed by atoms with Crippen LogP contribution in [0.1, 0.15) is 39.0 Å². The van der Waals surface area contributed by atoms with Crippen molar-refractivity contribution >= 4 is 23.1 Å². The molecule has 4 nitrogen and oxygen atoms in total. The maximum atomic E-state index is 12.4. The zero-order valence-corrected chi connectivity index (χ0v) is 11.9. The second kappa shape index (κ2) is 5.13. The number of carbonyl (C=O) groups excluding carboxylic acids is 1. The van der Waals surface area contributed by atoms with Crippen molar-refractivity contribution in [3.8, 4) is 0 Å². The molecule has 0 spiro atoms. The highest BCUT2D eigenvalue weighted by molar-refractivity contribution is 7.80. The van der Waals surface area contributed by atoms with Crippen molar-refractivity contribution in [2.24, 2.45) is 17.1 Å². The van der Waals surface area contributed by atoms with Gasteiger partial charge >= 0.3 is 0 Å². The molecular weight excluding hydrogens is 248 g/mol. The Kier molecular flexibility index (Phi) is 3.92.